The monoisotopic (exact) mass is 363 g/mol. The van der Waals surface area contributed by atoms with Crippen molar-refractivity contribution in [1.29, 1.82) is 0 Å². The van der Waals surface area contributed by atoms with Crippen LogP contribution in [-0.4, -0.2) is 15.8 Å². The van der Waals surface area contributed by atoms with Crippen LogP contribution in [-0.2, 0) is 0 Å². The number of benzene rings is 3. The van der Waals surface area contributed by atoms with Crippen LogP contribution in [0.25, 0.3) is 11.1 Å². The second-order valence-electron chi connectivity index (χ2n) is 5.62. The summed E-state index contributed by atoms with van der Waals surface area (Å²) in [4.78, 5) is 33.0. The molecule has 8 nitrogen and oxygen atoms in total. The molecule has 3 rings (SSSR count). The van der Waals surface area contributed by atoms with Crippen LogP contribution >= 0.6 is 0 Å². The molecule has 0 aliphatic carbocycles. The topological polar surface area (TPSA) is 115 Å². The van der Waals surface area contributed by atoms with E-state index in [4.69, 9.17) is 0 Å². The van der Waals surface area contributed by atoms with Gasteiger partial charge in [-0.3, -0.25) is 25.0 Å². The smallest absolute Gasteiger partial charge is 0.277 e. The number of nitrogens with one attached hydrogen (secondary N) is 1. The summed E-state index contributed by atoms with van der Waals surface area (Å²) in [6.07, 6.45) is 0. The zero-order valence-electron chi connectivity index (χ0n) is 13.9. The molecule has 0 saturated heterocycles. The van der Waals surface area contributed by atoms with Crippen molar-refractivity contribution in [2.75, 3.05) is 5.32 Å². The van der Waals surface area contributed by atoms with E-state index >= 15 is 0 Å². The Kier molecular flexibility index (Phi) is 4.89. The van der Waals surface area contributed by atoms with Crippen LogP contribution in [0.5, 0.6) is 0 Å². The van der Waals surface area contributed by atoms with Gasteiger partial charge >= 0.3 is 0 Å². The fraction of sp³-hybridized carbons (Fsp3) is 0. The lowest BCUT2D eigenvalue weighted by atomic mass is 10.0. The van der Waals surface area contributed by atoms with E-state index in [1.165, 1.54) is 0 Å². The van der Waals surface area contributed by atoms with Crippen molar-refractivity contribution in [3.63, 3.8) is 0 Å². The zero-order valence-corrected chi connectivity index (χ0v) is 13.9. The standard InChI is InChI=1S/C19H13N3O5/c23-19(14-10-15(21(24)25)12-16(11-14)22(26)27)20-18-9-5-4-8-17(18)13-6-2-1-3-7-13/h1-12H,(H,20,23). The Morgan fingerprint density at radius 2 is 1.33 bits per heavy atom. The number of carbonyl (C=O) groups excluding carboxylic acids is 1. The molecule has 0 aromatic heterocycles. The Morgan fingerprint density at radius 1 is 0.778 bits per heavy atom. The molecule has 0 heterocycles. The molecule has 134 valence electrons. The molecule has 0 aliphatic heterocycles. The maximum atomic E-state index is 12.6. The van der Waals surface area contributed by atoms with Crippen molar-refractivity contribution in [2.24, 2.45) is 0 Å². The van der Waals surface area contributed by atoms with Gasteiger partial charge in [0.1, 0.15) is 0 Å². The normalized spacial score (nSPS) is 10.2. The number of hydrogen-bond acceptors (Lipinski definition) is 5. The van der Waals surface area contributed by atoms with E-state index in [0.717, 1.165) is 29.3 Å². The van der Waals surface area contributed by atoms with Gasteiger partial charge in [-0.25, -0.2) is 0 Å². The minimum absolute atomic E-state index is 0.168. The summed E-state index contributed by atoms with van der Waals surface area (Å²) in [6.45, 7) is 0. The Balaban J connectivity index is 1.98. The first kappa shape index (κ1) is 17.7. The molecule has 0 radical (unpaired) electrons. The summed E-state index contributed by atoms with van der Waals surface area (Å²) in [5.41, 5.74) is 0.905. The fourth-order valence-electron chi connectivity index (χ4n) is 2.59. The van der Waals surface area contributed by atoms with E-state index in [1.54, 1.807) is 12.1 Å². The van der Waals surface area contributed by atoms with Gasteiger partial charge in [0, 0.05) is 23.4 Å². The average molecular weight is 363 g/mol. The predicted octanol–water partition coefficient (Wildman–Crippen LogP) is 4.42. The van der Waals surface area contributed by atoms with Crippen LogP contribution in [0.2, 0.25) is 0 Å². The first-order valence-electron chi connectivity index (χ1n) is 7.85. The van der Waals surface area contributed by atoms with Crippen LogP contribution in [0.1, 0.15) is 10.4 Å². The Hall–Kier alpha value is -4.07. The first-order valence-corrected chi connectivity index (χ1v) is 7.85. The van der Waals surface area contributed by atoms with Gasteiger partial charge in [0.05, 0.1) is 21.5 Å². The van der Waals surface area contributed by atoms with Crippen LogP contribution < -0.4 is 5.32 Å². The number of amides is 1. The van der Waals surface area contributed by atoms with Crippen molar-refractivity contribution >= 4 is 23.0 Å². The molecule has 8 heteroatoms. The molecule has 3 aromatic rings. The van der Waals surface area contributed by atoms with Crippen molar-refractivity contribution in [1.82, 2.24) is 0 Å². The highest BCUT2D eigenvalue weighted by Gasteiger charge is 2.20. The van der Waals surface area contributed by atoms with Gasteiger partial charge in [0.25, 0.3) is 17.3 Å². The van der Waals surface area contributed by atoms with Gasteiger partial charge in [-0.2, -0.15) is 0 Å². The van der Waals surface area contributed by atoms with Crippen molar-refractivity contribution in [3.05, 3.63) is 98.6 Å². The van der Waals surface area contributed by atoms with E-state index in [2.05, 4.69) is 5.32 Å². The molecule has 27 heavy (non-hydrogen) atoms. The molecule has 0 saturated carbocycles. The van der Waals surface area contributed by atoms with Gasteiger partial charge in [0.15, 0.2) is 0 Å². The lowest BCUT2D eigenvalue weighted by molar-refractivity contribution is -0.394. The first-order chi connectivity index (χ1) is 13.0. The number of nitro benzene ring substituents is 2. The van der Waals surface area contributed by atoms with Gasteiger partial charge in [-0.05, 0) is 11.6 Å². The lowest BCUT2D eigenvalue weighted by Gasteiger charge is -2.11. The molecule has 0 bridgehead atoms. The maximum Gasteiger partial charge on any atom is 0.277 e. The molecule has 0 spiro atoms. The third-order valence-corrected chi connectivity index (χ3v) is 3.85. The van der Waals surface area contributed by atoms with E-state index in [0.29, 0.717) is 5.69 Å². The van der Waals surface area contributed by atoms with Crippen molar-refractivity contribution in [2.45, 2.75) is 0 Å². The maximum absolute atomic E-state index is 12.6. The van der Waals surface area contributed by atoms with Crippen molar-refractivity contribution < 1.29 is 14.6 Å². The number of rotatable bonds is 5. The van der Waals surface area contributed by atoms with Gasteiger partial charge in [-0.1, -0.05) is 48.5 Å². The third-order valence-electron chi connectivity index (χ3n) is 3.85. The number of para-hydroxylation sites is 1. The average Bonchev–Trinajstić information content (AvgIpc) is 2.68. The van der Waals surface area contributed by atoms with Crippen LogP contribution in [0.15, 0.2) is 72.8 Å². The number of carbonyl (C=O) groups is 1. The summed E-state index contributed by atoms with van der Waals surface area (Å²) < 4.78 is 0. The zero-order chi connectivity index (χ0) is 19.4. The molecule has 3 aromatic carbocycles. The summed E-state index contributed by atoms with van der Waals surface area (Å²) in [5.74, 6) is -0.676. The molecular weight excluding hydrogens is 350 g/mol. The van der Waals surface area contributed by atoms with E-state index < -0.39 is 27.1 Å². The van der Waals surface area contributed by atoms with E-state index in [1.807, 2.05) is 42.5 Å². The molecule has 1 amide bonds. The number of hydrogen-bond donors (Lipinski definition) is 1. The summed E-state index contributed by atoms with van der Waals surface area (Å²) in [5, 5.41) is 24.7. The highest BCUT2D eigenvalue weighted by atomic mass is 16.6. The molecule has 0 atom stereocenters. The summed E-state index contributed by atoms with van der Waals surface area (Å²) in [6, 6.07) is 19.2. The summed E-state index contributed by atoms with van der Waals surface area (Å²) >= 11 is 0. The molecular formula is C19H13N3O5. The molecule has 0 aliphatic rings. The second kappa shape index (κ2) is 7.44. The Labute approximate surface area is 153 Å². The SMILES string of the molecule is O=C(Nc1ccccc1-c1ccccc1)c1cc([N+](=O)[O-])cc([N+](=O)[O-])c1. The van der Waals surface area contributed by atoms with Crippen LogP contribution in [0.3, 0.4) is 0 Å². The molecule has 1 N–H and O–H groups in total. The van der Waals surface area contributed by atoms with Crippen LogP contribution in [0, 0.1) is 20.2 Å². The van der Waals surface area contributed by atoms with Crippen LogP contribution in [0.4, 0.5) is 17.1 Å². The van der Waals surface area contributed by atoms with Gasteiger partial charge in [0.2, 0.25) is 0 Å². The third kappa shape index (κ3) is 3.96. The van der Waals surface area contributed by atoms with E-state index in [9.17, 15) is 25.0 Å². The predicted molar refractivity (Wildman–Crippen MR) is 99.6 cm³/mol. The number of non-ortho nitro benzene ring substituents is 2. The quantitative estimate of drug-likeness (QED) is 0.532. The van der Waals surface area contributed by atoms with Gasteiger partial charge in [-0.15, -0.1) is 0 Å². The largest absolute Gasteiger partial charge is 0.321 e. The lowest BCUT2D eigenvalue weighted by Crippen LogP contribution is -2.13. The number of anilines is 1. The minimum atomic E-state index is -0.776. The molecule has 0 unspecified atom stereocenters. The Bertz CT molecular complexity index is 1000. The second-order valence-corrected chi connectivity index (χ2v) is 5.62. The Morgan fingerprint density at radius 3 is 1.93 bits per heavy atom. The summed E-state index contributed by atoms with van der Waals surface area (Å²) in [7, 11) is 0. The minimum Gasteiger partial charge on any atom is -0.321 e. The highest BCUT2D eigenvalue weighted by Crippen LogP contribution is 2.29. The van der Waals surface area contributed by atoms with Crippen molar-refractivity contribution in [3.8, 4) is 11.1 Å². The highest BCUT2D eigenvalue weighted by molar-refractivity contribution is 6.07. The van der Waals surface area contributed by atoms with E-state index in [-0.39, 0.29) is 5.56 Å². The molecule has 0 fully saturated rings. The number of nitrogens with zero attached hydrogens (tertiary/aromatic N) is 2. The number of nitro groups is 2. The van der Waals surface area contributed by atoms with Gasteiger partial charge < -0.3 is 5.32 Å². The fourth-order valence-corrected chi connectivity index (χ4v) is 2.59.